The van der Waals surface area contributed by atoms with Crippen LogP contribution < -0.4 is 0 Å². The Balaban J connectivity index is 2.46. The standard InChI is InChI=1S/C10H9BrO2S/c11-8-4-1-2-5-9(8)14-7-3-6-10(12)13/h1-6H,7H2,(H,12,13). The summed E-state index contributed by atoms with van der Waals surface area (Å²) in [6.45, 7) is 0. The fourth-order valence-corrected chi connectivity index (χ4v) is 2.23. The molecule has 0 unspecified atom stereocenters. The van der Waals surface area contributed by atoms with E-state index in [0.29, 0.717) is 5.75 Å². The summed E-state index contributed by atoms with van der Waals surface area (Å²) in [6, 6.07) is 7.85. The molecule has 0 bridgehead atoms. The van der Waals surface area contributed by atoms with Gasteiger partial charge >= 0.3 is 5.97 Å². The smallest absolute Gasteiger partial charge is 0.328 e. The Morgan fingerprint density at radius 3 is 2.86 bits per heavy atom. The van der Waals surface area contributed by atoms with E-state index in [1.54, 1.807) is 17.8 Å². The van der Waals surface area contributed by atoms with Gasteiger partial charge in [0.2, 0.25) is 0 Å². The number of hydrogen-bond acceptors (Lipinski definition) is 2. The molecule has 0 saturated heterocycles. The van der Waals surface area contributed by atoms with Gasteiger partial charge in [-0.15, -0.1) is 11.8 Å². The molecule has 1 N–H and O–H groups in total. The van der Waals surface area contributed by atoms with Gasteiger partial charge in [-0.05, 0) is 28.1 Å². The second-order valence-corrected chi connectivity index (χ2v) is 4.40. The molecule has 0 fully saturated rings. The van der Waals surface area contributed by atoms with Crippen LogP contribution in [0.15, 0.2) is 45.8 Å². The van der Waals surface area contributed by atoms with E-state index in [-0.39, 0.29) is 0 Å². The normalized spacial score (nSPS) is 10.6. The first-order valence-electron chi connectivity index (χ1n) is 3.97. The number of carboxylic acid groups (broad SMARTS) is 1. The van der Waals surface area contributed by atoms with Crippen LogP contribution in [0.5, 0.6) is 0 Å². The molecule has 0 spiro atoms. The molecular formula is C10H9BrO2S. The van der Waals surface area contributed by atoms with Crippen molar-refractivity contribution in [1.82, 2.24) is 0 Å². The molecule has 0 saturated carbocycles. The summed E-state index contributed by atoms with van der Waals surface area (Å²) >= 11 is 5.01. The second kappa shape index (κ2) is 5.88. The van der Waals surface area contributed by atoms with Gasteiger partial charge in [0.25, 0.3) is 0 Å². The number of aliphatic carboxylic acids is 1. The minimum atomic E-state index is -0.905. The fraction of sp³-hybridized carbons (Fsp3) is 0.100. The molecule has 0 aromatic heterocycles. The van der Waals surface area contributed by atoms with Crippen LogP contribution in [0.25, 0.3) is 0 Å². The number of thioether (sulfide) groups is 1. The molecule has 1 aromatic carbocycles. The summed E-state index contributed by atoms with van der Waals surface area (Å²) < 4.78 is 1.04. The van der Waals surface area contributed by atoms with Gasteiger partial charge in [-0.2, -0.15) is 0 Å². The maximum absolute atomic E-state index is 10.2. The lowest BCUT2D eigenvalue weighted by Gasteiger charge is -2.00. The lowest BCUT2D eigenvalue weighted by Crippen LogP contribution is -1.86. The number of benzene rings is 1. The van der Waals surface area contributed by atoms with Gasteiger partial charge < -0.3 is 5.11 Å². The maximum atomic E-state index is 10.2. The number of halogens is 1. The molecule has 0 atom stereocenters. The first-order chi connectivity index (χ1) is 6.70. The van der Waals surface area contributed by atoms with Crippen molar-refractivity contribution in [2.75, 3.05) is 5.75 Å². The van der Waals surface area contributed by atoms with Gasteiger partial charge in [0.05, 0.1) is 0 Å². The van der Waals surface area contributed by atoms with E-state index < -0.39 is 5.97 Å². The predicted octanol–water partition coefficient (Wildman–Crippen LogP) is 3.18. The third kappa shape index (κ3) is 3.98. The van der Waals surface area contributed by atoms with E-state index >= 15 is 0 Å². The summed E-state index contributed by atoms with van der Waals surface area (Å²) in [5.74, 6) is -0.243. The van der Waals surface area contributed by atoms with Crippen molar-refractivity contribution in [2.45, 2.75) is 4.90 Å². The van der Waals surface area contributed by atoms with Gasteiger partial charge in [0.15, 0.2) is 0 Å². The Kier molecular flexibility index (Phi) is 4.76. The number of carbonyl (C=O) groups is 1. The Labute approximate surface area is 95.1 Å². The minimum Gasteiger partial charge on any atom is -0.478 e. The third-order valence-electron chi connectivity index (χ3n) is 1.43. The molecule has 14 heavy (non-hydrogen) atoms. The summed E-state index contributed by atoms with van der Waals surface area (Å²) in [5, 5.41) is 8.36. The molecule has 1 aromatic rings. The summed E-state index contributed by atoms with van der Waals surface area (Å²) in [6.07, 6.45) is 2.79. The van der Waals surface area contributed by atoms with Crippen LogP contribution in [-0.4, -0.2) is 16.8 Å². The first-order valence-corrected chi connectivity index (χ1v) is 5.75. The average molecular weight is 273 g/mol. The molecule has 0 aliphatic heterocycles. The Morgan fingerprint density at radius 1 is 1.50 bits per heavy atom. The van der Waals surface area contributed by atoms with Crippen molar-refractivity contribution in [1.29, 1.82) is 0 Å². The van der Waals surface area contributed by atoms with Crippen LogP contribution in [0, 0.1) is 0 Å². The van der Waals surface area contributed by atoms with Crippen LogP contribution in [0.3, 0.4) is 0 Å². The van der Waals surface area contributed by atoms with E-state index in [2.05, 4.69) is 15.9 Å². The van der Waals surface area contributed by atoms with E-state index in [1.807, 2.05) is 24.3 Å². The molecule has 0 heterocycles. The van der Waals surface area contributed by atoms with E-state index in [0.717, 1.165) is 15.4 Å². The lowest BCUT2D eigenvalue weighted by atomic mass is 10.4. The predicted molar refractivity (Wildman–Crippen MR) is 61.6 cm³/mol. The average Bonchev–Trinajstić information content (AvgIpc) is 2.15. The Morgan fingerprint density at radius 2 is 2.21 bits per heavy atom. The summed E-state index contributed by atoms with van der Waals surface area (Å²) in [4.78, 5) is 11.3. The summed E-state index contributed by atoms with van der Waals surface area (Å²) in [7, 11) is 0. The molecule has 2 nitrogen and oxygen atoms in total. The highest BCUT2D eigenvalue weighted by molar-refractivity contribution is 9.10. The molecule has 74 valence electrons. The number of carboxylic acids is 1. The van der Waals surface area contributed by atoms with E-state index in [1.165, 1.54) is 0 Å². The SMILES string of the molecule is O=C(O)C=CCSc1ccccc1Br. The summed E-state index contributed by atoms with van der Waals surface area (Å²) in [5.41, 5.74) is 0. The molecule has 0 aliphatic carbocycles. The molecule has 0 radical (unpaired) electrons. The zero-order valence-electron chi connectivity index (χ0n) is 7.31. The second-order valence-electron chi connectivity index (χ2n) is 2.48. The van der Waals surface area contributed by atoms with E-state index in [9.17, 15) is 4.79 Å². The van der Waals surface area contributed by atoms with Crippen molar-refractivity contribution in [2.24, 2.45) is 0 Å². The molecule has 0 amide bonds. The van der Waals surface area contributed by atoms with Crippen molar-refractivity contribution in [3.8, 4) is 0 Å². The van der Waals surface area contributed by atoms with Crippen molar-refractivity contribution >= 4 is 33.7 Å². The maximum Gasteiger partial charge on any atom is 0.328 e. The van der Waals surface area contributed by atoms with Crippen LogP contribution >= 0.6 is 27.7 Å². The van der Waals surface area contributed by atoms with Gasteiger partial charge in [-0.1, -0.05) is 18.2 Å². The zero-order valence-corrected chi connectivity index (χ0v) is 9.72. The molecule has 0 aliphatic rings. The van der Waals surface area contributed by atoms with Gasteiger partial charge in [0.1, 0.15) is 0 Å². The van der Waals surface area contributed by atoms with Gasteiger partial charge in [-0.25, -0.2) is 4.79 Å². The zero-order chi connectivity index (χ0) is 10.4. The van der Waals surface area contributed by atoms with Crippen LogP contribution in [0.2, 0.25) is 0 Å². The number of hydrogen-bond donors (Lipinski definition) is 1. The topological polar surface area (TPSA) is 37.3 Å². The number of rotatable bonds is 4. The largest absolute Gasteiger partial charge is 0.478 e. The lowest BCUT2D eigenvalue weighted by molar-refractivity contribution is -0.131. The third-order valence-corrected chi connectivity index (χ3v) is 3.41. The van der Waals surface area contributed by atoms with Crippen molar-refractivity contribution in [3.05, 3.63) is 40.9 Å². The highest BCUT2D eigenvalue weighted by atomic mass is 79.9. The molecular weight excluding hydrogens is 264 g/mol. The minimum absolute atomic E-state index is 0.662. The Hall–Kier alpha value is -0.740. The van der Waals surface area contributed by atoms with Gasteiger partial charge in [-0.3, -0.25) is 0 Å². The van der Waals surface area contributed by atoms with Crippen molar-refractivity contribution in [3.63, 3.8) is 0 Å². The van der Waals surface area contributed by atoms with Crippen LogP contribution in [0.1, 0.15) is 0 Å². The quantitative estimate of drug-likeness (QED) is 0.676. The van der Waals surface area contributed by atoms with Crippen LogP contribution in [-0.2, 0) is 4.79 Å². The Bertz CT molecular complexity index is 350. The van der Waals surface area contributed by atoms with Crippen molar-refractivity contribution < 1.29 is 9.90 Å². The molecule has 4 heteroatoms. The monoisotopic (exact) mass is 272 g/mol. The first kappa shape index (κ1) is 11.3. The van der Waals surface area contributed by atoms with Crippen LogP contribution in [0.4, 0.5) is 0 Å². The fourth-order valence-electron chi connectivity index (χ4n) is 0.849. The molecule has 1 rings (SSSR count). The van der Waals surface area contributed by atoms with Gasteiger partial charge in [0, 0.05) is 21.2 Å². The highest BCUT2D eigenvalue weighted by Crippen LogP contribution is 2.26. The van der Waals surface area contributed by atoms with E-state index in [4.69, 9.17) is 5.11 Å². The highest BCUT2D eigenvalue weighted by Gasteiger charge is 1.96.